The minimum atomic E-state index is -0.106. The number of hydrogen-bond donors (Lipinski definition) is 1. The summed E-state index contributed by atoms with van der Waals surface area (Å²) in [5, 5.41) is 7.71. The second kappa shape index (κ2) is 10.8. The fourth-order valence-corrected chi connectivity index (χ4v) is 4.64. The van der Waals surface area contributed by atoms with Crippen molar-refractivity contribution in [2.75, 3.05) is 20.2 Å². The lowest BCUT2D eigenvalue weighted by atomic mass is 10.0. The smallest absolute Gasteiger partial charge is 0.255 e. The molecule has 3 aromatic rings. The molecule has 1 fully saturated rings. The van der Waals surface area contributed by atoms with Gasteiger partial charge in [-0.3, -0.25) is 9.59 Å². The molecule has 2 aromatic carbocycles. The molecule has 2 heterocycles. The molecule has 0 bridgehead atoms. The summed E-state index contributed by atoms with van der Waals surface area (Å²) in [6.07, 6.45) is 3.44. The van der Waals surface area contributed by atoms with Gasteiger partial charge >= 0.3 is 0 Å². The first-order chi connectivity index (χ1) is 16.9. The highest BCUT2D eigenvalue weighted by atomic mass is 16.5. The largest absolute Gasteiger partial charge is 0.496 e. The summed E-state index contributed by atoms with van der Waals surface area (Å²) in [4.78, 5) is 27.9. The van der Waals surface area contributed by atoms with Crippen molar-refractivity contribution >= 4 is 11.8 Å². The van der Waals surface area contributed by atoms with Crippen LogP contribution in [0.5, 0.6) is 5.75 Å². The van der Waals surface area contributed by atoms with Crippen LogP contribution in [-0.2, 0) is 11.2 Å². The normalized spacial score (nSPS) is 14.3. The number of nitrogens with one attached hydrogen (secondary N) is 1. The van der Waals surface area contributed by atoms with Crippen molar-refractivity contribution in [3.8, 4) is 11.4 Å². The number of benzene rings is 2. The number of carbonyl (C=O) groups excluding carboxylic acids is 2. The molecular weight excluding hydrogens is 440 g/mol. The zero-order valence-corrected chi connectivity index (χ0v) is 21.0. The lowest BCUT2D eigenvalue weighted by molar-refractivity contribution is -0.131. The molecule has 0 aliphatic carbocycles. The van der Waals surface area contributed by atoms with E-state index in [1.54, 1.807) is 13.3 Å². The summed E-state index contributed by atoms with van der Waals surface area (Å²) < 4.78 is 7.23. The number of carbonyl (C=O) groups is 2. The van der Waals surface area contributed by atoms with Crippen LogP contribution >= 0.6 is 0 Å². The molecule has 1 N–H and O–H groups in total. The Hall–Kier alpha value is -3.61. The van der Waals surface area contributed by atoms with E-state index in [1.807, 2.05) is 65.0 Å². The first-order valence-corrected chi connectivity index (χ1v) is 12.2. The summed E-state index contributed by atoms with van der Waals surface area (Å²) in [5.74, 6) is 0.843. The number of amides is 2. The van der Waals surface area contributed by atoms with E-state index in [1.165, 1.54) is 5.56 Å². The van der Waals surface area contributed by atoms with Crippen molar-refractivity contribution in [1.82, 2.24) is 20.0 Å². The van der Waals surface area contributed by atoms with Crippen LogP contribution in [0.1, 0.15) is 59.8 Å². The van der Waals surface area contributed by atoms with Crippen LogP contribution in [0, 0.1) is 6.92 Å². The van der Waals surface area contributed by atoms with Crippen molar-refractivity contribution in [3.05, 3.63) is 77.1 Å². The van der Waals surface area contributed by atoms with Crippen molar-refractivity contribution < 1.29 is 14.3 Å². The quantitative estimate of drug-likeness (QED) is 0.555. The number of piperidine rings is 1. The van der Waals surface area contributed by atoms with Gasteiger partial charge in [-0.05, 0) is 43.9 Å². The number of likely N-dealkylation sites (tertiary alicyclic amines) is 1. The van der Waals surface area contributed by atoms with E-state index in [9.17, 15) is 9.59 Å². The number of rotatable bonds is 7. The molecule has 0 unspecified atom stereocenters. The zero-order chi connectivity index (χ0) is 24.9. The maximum absolute atomic E-state index is 13.2. The second-order valence-corrected chi connectivity index (χ2v) is 9.46. The lowest BCUT2D eigenvalue weighted by Gasteiger charge is -2.32. The van der Waals surface area contributed by atoms with Crippen LogP contribution in [0.4, 0.5) is 0 Å². The summed E-state index contributed by atoms with van der Waals surface area (Å²) >= 11 is 0. The first kappa shape index (κ1) is 24.5. The van der Waals surface area contributed by atoms with E-state index >= 15 is 0 Å². The number of ether oxygens (including phenoxy) is 1. The number of hydrogen-bond acceptors (Lipinski definition) is 4. The van der Waals surface area contributed by atoms with Gasteiger partial charge in [-0.1, -0.05) is 49.7 Å². The zero-order valence-electron chi connectivity index (χ0n) is 21.0. The van der Waals surface area contributed by atoms with Gasteiger partial charge in [0.15, 0.2) is 0 Å². The Balaban J connectivity index is 1.38. The Morgan fingerprint density at radius 3 is 2.43 bits per heavy atom. The topological polar surface area (TPSA) is 76.5 Å². The molecule has 4 rings (SSSR count). The molecule has 1 aliphatic heterocycles. The van der Waals surface area contributed by atoms with Gasteiger partial charge in [0.2, 0.25) is 5.91 Å². The summed E-state index contributed by atoms with van der Waals surface area (Å²) in [6.45, 7) is 7.44. The molecule has 35 heavy (non-hydrogen) atoms. The van der Waals surface area contributed by atoms with Crippen LogP contribution in [0.15, 0.2) is 54.7 Å². The van der Waals surface area contributed by atoms with Crippen LogP contribution < -0.4 is 10.1 Å². The Kier molecular flexibility index (Phi) is 7.54. The SMILES string of the molecule is COc1ccccc1CC(=O)N1CCC(NC(=O)c2cnn(-c3ccc(C)cc3)c2C(C)C)CC1. The van der Waals surface area contributed by atoms with Crippen molar-refractivity contribution in [2.24, 2.45) is 0 Å². The van der Waals surface area contributed by atoms with Crippen LogP contribution in [-0.4, -0.2) is 52.7 Å². The molecule has 184 valence electrons. The molecule has 7 nitrogen and oxygen atoms in total. The molecular formula is C28H34N4O3. The van der Waals surface area contributed by atoms with Crippen molar-refractivity contribution in [2.45, 2.75) is 52.0 Å². The van der Waals surface area contributed by atoms with Crippen molar-refractivity contribution in [3.63, 3.8) is 0 Å². The number of aromatic nitrogens is 2. The maximum atomic E-state index is 13.2. The van der Waals surface area contributed by atoms with Gasteiger partial charge in [-0.2, -0.15) is 5.10 Å². The molecule has 1 aromatic heterocycles. The first-order valence-electron chi connectivity index (χ1n) is 12.2. The average Bonchev–Trinajstić information content (AvgIpc) is 3.31. The fourth-order valence-electron chi connectivity index (χ4n) is 4.64. The third kappa shape index (κ3) is 5.56. The maximum Gasteiger partial charge on any atom is 0.255 e. The minimum absolute atomic E-state index is 0.0283. The lowest BCUT2D eigenvalue weighted by Crippen LogP contribution is -2.47. The molecule has 1 saturated heterocycles. The number of methoxy groups -OCH3 is 1. The number of aryl methyl sites for hydroxylation is 1. The van der Waals surface area contributed by atoms with Gasteiger partial charge in [0.05, 0.1) is 36.7 Å². The fraction of sp³-hybridized carbons (Fsp3) is 0.393. The predicted molar refractivity (Wildman–Crippen MR) is 136 cm³/mol. The van der Waals surface area contributed by atoms with E-state index < -0.39 is 0 Å². The second-order valence-electron chi connectivity index (χ2n) is 9.46. The Labute approximate surface area is 207 Å². The van der Waals surface area contributed by atoms with Gasteiger partial charge in [0.1, 0.15) is 5.75 Å². The Bertz CT molecular complexity index is 1180. The van der Waals surface area contributed by atoms with Crippen LogP contribution in [0.3, 0.4) is 0 Å². The number of nitrogens with zero attached hydrogens (tertiary/aromatic N) is 3. The highest BCUT2D eigenvalue weighted by Gasteiger charge is 2.27. The van der Waals surface area contributed by atoms with Crippen LogP contribution in [0.2, 0.25) is 0 Å². The molecule has 7 heteroatoms. The van der Waals surface area contributed by atoms with Gasteiger partial charge in [-0.25, -0.2) is 4.68 Å². The highest BCUT2D eigenvalue weighted by Crippen LogP contribution is 2.24. The highest BCUT2D eigenvalue weighted by molar-refractivity contribution is 5.95. The van der Waals surface area contributed by atoms with Crippen LogP contribution in [0.25, 0.3) is 5.69 Å². The third-order valence-electron chi connectivity index (χ3n) is 6.59. The third-order valence-corrected chi connectivity index (χ3v) is 6.59. The Morgan fingerprint density at radius 2 is 1.77 bits per heavy atom. The predicted octanol–water partition coefficient (Wildman–Crippen LogP) is 4.28. The van der Waals surface area contributed by atoms with E-state index in [4.69, 9.17) is 4.74 Å². The van der Waals surface area contributed by atoms with Gasteiger partial charge in [0.25, 0.3) is 5.91 Å². The molecule has 0 saturated carbocycles. The van der Waals surface area contributed by atoms with E-state index in [2.05, 4.69) is 24.3 Å². The average molecular weight is 475 g/mol. The van der Waals surface area contributed by atoms with E-state index in [-0.39, 0.29) is 23.8 Å². The van der Waals surface area contributed by atoms with E-state index in [0.717, 1.165) is 35.5 Å². The van der Waals surface area contributed by atoms with Gasteiger partial charge in [-0.15, -0.1) is 0 Å². The summed E-state index contributed by atoms with van der Waals surface area (Å²) in [7, 11) is 1.62. The van der Waals surface area contributed by atoms with Crippen molar-refractivity contribution in [1.29, 1.82) is 0 Å². The molecule has 2 amide bonds. The van der Waals surface area contributed by atoms with E-state index in [0.29, 0.717) is 25.1 Å². The minimum Gasteiger partial charge on any atom is -0.496 e. The molecule has 1 aliphatic rings. The number of para-hydroxylation sites is 1. The summed E-state index contributed by atoms with van der Waals surface area (Å²) in [6, 6.07) is 15.8. The Morgan fingerprint density at radius 1 is 1.09 bits per heavy atom. The molecule has 0 spiro atoms. The molecule has 0 radical (unpaired) electrons. The van der Waals surface area contributed by atoms with Gasteiger partial charge < -0.3 is 15.0 Å². The molecule has 0 atom stereocenters. The standard InChI is InChI=1S/C28H34N4O3/c1-19(2)27-24(18-29-32(27)23-11-9-20(3)10-12-23)28(34)30-22-13-15-31(16-14-22)26(33)17-21-7-5-6-8-25(21)35-4/h5-12,18-19,22H,13-17H2,1-4H3,(H,30,34). The summed E-state index contributed by atoms with van der Waals surface area (Å²) in [5.41, 5.74) is 4.52. The monoisotopic (exact) mass is 474 g/mol. The van der Waals surface area contributed by atoms with Gasteiger partial charge in [0, 0.05) is 24.7 Å².